The second-order valence-electron chi connectivity index (χ2n) is 4.97. The average molecular weight is 388 g/mol. The third kappa shape index (κ3) is 3.12. The number of hydrogen-bond donors (Lipinski definition) is 1. The van der Waals surface area contributed by atoms with Crippen molar-refractivity contribution in [2.75, 3.05) is 6.61 Å². The molecule has 1 atom stereocenters. The molecular formula is C17H14BrN3O3. The standard InChI is InChI=1S/C17H14BrN3O3/c1-3-23-17(22)14-9(2)24-16(21)12(8-20)15(14)10-4-5-11(7-19)13(18)6-10/h4-6,15H,3,21H2,1-2H3. The van der Waals surface area contributed by atoms with Crippen molar-refractivity contribution in [3.63, 3.8) is 0 Å². The smallest absolute Gasteiger partial charge is 0.338 e. The Bertz CT molecular complexity index is 844. The first-order chi connectivity index (χ1) is 11.4. The Balaban J connectivity index is 2.65. The van der Waals surface area contributed by atoms with Gasteiger partial charge in [0.2, 0.25) is 5.88 Å². The van der Waals surface area contributed by atoms with E-state index in [9.17, 15) is 10.1 Å². The molecule has 6 nitrogen and oxygen atoms in total. The molecule has 0 saturated carbocycles. The van der Waals surface area contributed by atoms with Crippen LogP contribution in [0.25, 0.3) is 0 Å². The molecule has 0 aliphatic carbocycles. The van der Waals surface area contributed by atoms with Gasteiger partial charge in [-0.05, 0) is 47.5 Å². The molecule has 1 aromatic rings. The van der Waals surface area contributed by atoms with Crippen LogP contribution in [0.15, 0.2) is 45.5 Å². The lowest BCUT2D eigenvalue weighted by Crippen LogP contribution is -2.25. The number of allylic oxidation sites excluding steroid dienone is 2. The van der Waals surface area contributed by atoms with E-state index >= 15 is 0 Å². The number of hydrogen-bond acceptors (Lipinski definition) is 6. The highest BCUT2D eigenvalue weighted by Gasteiger charge is 2.36. The molecular weight excluding hydrogens is 374 g/mol. The lowest BCUT2D eigenvalue weighted by Gasteiger charge is -2.27. The zero-order valence-electron chi connectivity index (χ0n) is 13.1. The van der Waals surface area contributed by atoms with Gasteiger partial charge in [-0.25, -0.2) is 4.79 Å². The van der Waals surface area contributed by atoms with Gasteiger partial charge in [-0.2, -0.15) is 10.5 Å². The molecule has 0 saturated heterocycles. The minimum atomic E-state index is -0.716. The maximum absolute atomic E-state index is 12.4. The zero-order chi connectivity index (χ0) is 17.9. The highest BCUT2D eigenvalue weighted by molar-refractivity contribution is 9.10. The molecule has 0 spiro atoms. The number of halogens is 1. The molecule has 0 amide bonds. The highest BCUT2D eigenvalue weighted by Crippen LogP contribution is 2.40. The Hall–Kier alpha value is -2.77. The fraction of sp³-hybridized carbons (Fsp3) is 0.235. The Labute approximate surface area is 147 Å². The topological polar surface area (TPSA) is 109 Å². The number of rotatable bonds is 3. The summed E-state index contributed by atoms with van der Waals surface area (Å²) in [6.07, 6.45) is 0. The molecule has 2 rings (SSSR count). The minimum Gasteiger partial charge on any atom is -0.463 e. The summed E-state index contributed by atoms with van der Waals surface area (Å²) in [6, 6.07) is 9.02. The molecule has 0 fully saturated rings. The number of nitrogens with zero attached hydrogens (tertiary/aromatic N) is 2. The number of carbonyl (C=O) groups is 1. The average Bonchev–Trinajstić information content (AvgIpc) is 2.54. The minimum absolute atomic E-state index is 0.0477. The highest BCUT2D eigenvalue weighted by atomic mass is 79.9. The quantitative estimate of drug-likeness (QED) is 0.798. The number of nitriles is 2. The summed E-state index contributed by atoms with van der Waals surface area (Å²) in [7, 11) is 0. The SMILES string of the molecule is CCOC(=O)C1=C(C)OC(N)=C(C#N)C1c1ccc(C#N)c(Br)c1. The first kappa shape index (κ1) is 17.6. The molecule has 0 radical (unpaired) electrons. The number of carbonyl (C=O) groups excluding carboxylic acids is 1. The summed E-state index contributed by atoms with van der Waals surface area (Å²) < 4.78 is 11.0. The van der Waals surface area contributed by atoms with Crippen molar-refractivity contribution < 1.29 is 14.3 Å². The van der Waals surface area contributed by atoms with Gasteiger partial charge in [-0.1, -0.05) is 6.07 Å². The predicted octanol–water partition coefficient (Wildman–Crippen LogP) is 2.97. The summed E-state index contributed by atoms with van der Waals surface area (Å²) in [4.78, 5) is 12.4. The molecule has 1 unspecified atom stereocenters. The molecule has 122 valence electrons. The molecule has 1 heterocycles. The molecule has 1 aromatic carbocycles. The Kier molecular flexibility index (Phi) is 5.28. The van der Waals surface area contributed by atoms with Gasteiger partial charge in [0.25, 0.3) is 0 Å². The third-order valence-electron chi connectivity index (χ3n) is 3.55. The van der Waals surface area contributed by atoms with Crippen LogP contribution in [0.3, 0.4) is 0 Å². The van der Waals surface area contributed by atoms with E-state index in [4.69, 9.17) is 20.5 Å². The molecule has 0 aromatic heterocycles. The molecule has 1 aliphatic heterocycles. The van der Waals surface area contributed by atoms with Gasteiger partial charge in [0, 0.05) is 4.47 Å². The van der Waals surface area contributed by atoms with Crippen LogP contribution in [0.1, 0.15) is 30.9 Å². The van der Waals surface area contributed by atoms with Crippen LogP contribution in [0.5, 0.6) is 0 Å². The van der Waals surface area contributed by atoms with Crippen molar-refractivity contribution in [3.8, 4) is 12.1 Å². The molecule has 1 aliphatic rings. The van der Waals surface area contributed by atoms with E-state index in [1.807, 2.05) is 12.1 Å². The van der Waals surface area contributed by atoms with Crippen molar-refractivity contribution in [2.24, 2.45) is 5.73 Å². The number of ether oxygens (including phenoxy) is 2. The zero-order valence-corrected chi connectivity index (χ0v) is 14.7. The van der Waals surface area contributed by atoms with Crippen molar-refractivity contribution >= 4 is 21.9 Å². The first-order valence-electron chi connectivity index (χ1n) is 7.09. The second-order valence-corrected chi connectivity index (χ2v) is 5.82. The molecule has 0 bridgehead atoms. The second kappa shape index (κ2) is 7.20. The lowest BCUT2D eigenvalue weighted by atomic mass is 9.83. The van der Waals surface area contributed by atoms with E-state index in [-0.39, 0.29) is 29.4 Å². The Morgan fingerprint density at radius 1 is 1.42 bits per heavy atom. The van der Waals surface area contributed by atoms with E-state index in [0.29, 0.717) is 15.6 Å². The van der Waals surface area contributed by atoms with Crippen LogP contribution in [-0.2, 0) is 14.3 Å². The van der Waals surface area contributed by atoms with Crippen LogP contribution >= 0.6 is 15.9 Å². The van der Waals surface area contributed by atoms with Crippen LogP contribution in [0.2, 0.25) is 0 Å². The van der Waals surface area contributed by atoms with Gasteiger partial charge in [0.15, 0.2) is 0 Å². The van der Waals surface area contributed by atoms with Crippen LogP contribution < -0.4 is 5.73 Å². The maximum Gasteiger partial charge on any atom is 0.338 e. The first-order valence-corrected chi connectivity index (χ1v) is 7.88. The van der Waals surface area contributed by atoms with Gasteiger partial charge < -0.3 is 15.2 Å². The Morgan fingerprint density at radius 2 is 2.12 bits per heavy atom. The summed E-state index contributed by atoms with van der Waals surface area (Å²) in [5.41, 5.74) is 7.24. The summed E-state index contributed by atoms with van der Waals surface area (Å²) in [5.74, 6) is -1.04. The van der Waals surface area contributed by atoms with E-state index in [1.165, 1.54) is 0 Å². The predicted molar refractivity (Wildman–Crippen MR) is 88.8 cm³/mol. The molecule has 7 heteroatoms. The van der Waals surface area contributed by atoms with Crippen molar-refractivity contribution in [1.82, 2.24) is 0 Å². The fourth-order valence-corrected chi connectivity index (χ4v) is 2.97. The van der Waals surface area contributed by atoms with Gasteiger partial charge in [0.1, 0.15) is 23.5 Å². The largest absolute Gasteiger partial charge is 0.463 e. The lowest BCUT2D eigenvalue weighted by molar-refractivity contribution is -0.139. The number of esters is 1. The number of nitrogens with two attached hydrogens (primary N) is 1. The van der Waals surface area contributed by atoms with E-state index < -0.39 is 11.9 Å². The summed E-state index contributed by atoms with van der Waals surface area (Å²) >= 11 is 3.32. The molecule has 2 N–H and O–H groups in total. The van der Waals surface area contributed by atoms with E-state index in [0.717, 1.165) is 0 Å². The van der Waals surface area contributed by atoms with E-state index in [1.54, 1.807) is 32.0 Å². The van der Waals surface area contributed by atoms with Gasteiger partial charge in [-0.15, -0.1) is 0 Å². The van der Waals surface area contributed by atoms with E-state index in [2.05, 4.69) is 15.9 Å². The van der Waals surface area contributed by atoms with Gasteiger partial charge in [0.05, 0.1) is 23.7 Å². The molecule has 24 heavy (non-hydrogen) atoms. The van der Waals surface area contributed by atoms with Crippen LogP contribution in [-0.4, -0.2) is 12.6 Å². The number of benzene rings is 1. The Morgan fingerprint density at radius 3 is 2.67 bits per heavy atom. The van der Waals surface area contributed by atoms with Crippen LogP contribution in [0.4, 0.5) is 0 Å². The van der Waals surface area contributed by atoms with Crippen molar-refractivity contribution in [3.05, 3.63) is 56.6 Å². The van der Waals surface area contributed by atoms with Crippen molar-refractivity contribution in [2.45, 2.75) is 19.8 Å². The normalized spacial score (nSPS) is 17.0. The fourth-order valence-electron chi connectivity index (χ4n) is 2.49. The van der Waals surface area contributed by atoms with Crippen LogP contribution in [0, 0.1) is 22.7 Å². The van der Waals surface area contributed by atoms with Crippen molar-refractivity contribution in [1.29, 1.82) is 10.5 Å². The monoisotopic (exact) mass is 387 g/mol. The van der Waals surface area contributed by atoms with Gasteiger partial charge in [-0.3, -0.25) is 0 Å². The summed E-state index contributed by atoms with van der Waals surface area (Å²) in [5, 5.41) is 18.5. The maximum atomic E-state index is 12.4. The third-order valence-corrected chi connectivity index (χ3v) is 4.20. The van der Waals surface area contributed by atoms with Gasteiger partial charge >= 0.3 is 5.97 Å². The summed E-state index contributed by atoms with van der Waals surface area (Å²) in [6.45, 7) is 3.49.